The number of hydrogen-bond acceptors (Lipinski definition) is 0. The van der Waals surface area contributed by atoms with Crippen LogP contribution in [0.2, 0.25) is 5.02 Å². The van der Waals surface area contributed by atoms with Crippen molar-refractivity contribution in [2.45, 2.75) is 38.5 Å². The highest BCUT2D eigenvalue weighted by atomic mass is 35.5. The summed E-state index contributed by atoms with van der Waals surface area (Å²) in [5.74, 6) is 0.902. The van der Waals surface area contributed by atoms with Crippen LogP contribution in [0.3, 0.4) is 0 Å². The topological polar surface area (TPSA) is 0 Å². The maximum atomic E-state index is 6.11. The van der Waals surface area contributed by atoms with Crippen LogP contribution in [0.15, 0.2) is 54.6 Å². The van der Waals surface area contributed by atoms with Crippen molar-refractivity contribution in [2.24, 2.45) is 5.92 Å². The van der Waals surface area contributed by atoms with Gasteiger partial charge in [0.05, 0.1) is 0 Å². The first-order valence-electron chi connectivity index (χ1n) is 7.79. The lowest BCUT2D eigenvalue weighted by Gasteiger charge is -2.21. The summed E-state index contributed by atoms with van der Waals surface area (Å²) in [5, 5.41) is 0.822. The quantitative estimate of drug-likeness (QED) is 0.526. The Morgan fingerprint density at radius 2 is 1.76 bits per heavy atom. The molecule has 1 heteroatoms. The van der Waals surface area contributed by atoms with Crippen LogP contribution >= 0.6 is 11.6 Å². The summed E-state index contributed by atoms with van der Waals surface area (Å²) >= 11 is 6.11. The first kappa shape index (κ1) is 16.1. The molecule has 111 valence electrons. The molecular formula is C20H24Cl. The van der Waals surface area contributed by atoms with Crippen molar-refractivity contribution in [3.8, 4) is 0 Å². The second-order valence-corrected chi connectivity index (χ2v) is 6.31. The lowest BCUT2D eigenvalue weighted by Crippen LogP contribution is -2.07. The Hall–Kier alpha value is -1.27. The summed E-state index contributed by atoms with van der Waals surface area (Å²) < 4.78 is 0. The van der Waals surface area contributed by atoms with Gasteiger partial charge in [-0.15, -0.1) is 0 Å². The van der Waals surface area contributed by atoms with Gasteiger partial charge >= 0.3 is 0 Å². The Morgan fingerprint density at radius 1 is 1.00 bits per heavy atom. The molecule has 0 heterocycles. The Labute approximate surface area is 134 Å². The smallest absolute Gasteiger partial charge is 0.0408 e. The van der Waals surface area contributed by atoms with Gasteiger partial charge in [0.1, 0.15) is 0 Å². The fourth-order valence-electron chi connectivity index (χ4n) is 2.85. The van der Waals surface area contributed by atoms with Crippen LogP contribution in [-0.4, -0.2) is 0 Å². The molecule has 21 heavy (non-hydrogen) atoms. The lowest BCUT2D eigenvalue weighted by atomic mass is 9.84. The zero-order chi connectivity index (χ0) is 15.1. The summed E-state index contributed by atoms with van der Waals surface area (Å²) in [6.45, 7) is 6.44. The highest BCUT2D eigenvalue weighted by Crippen LogP contribution is 2.31. The van der Waals surface area contributed by atoms with Gasteiger partial charge in [0.2, 0.25) is 0 Å². The molecule has 2 atom stereocenters. The maximum Gasteiger partial charge on any atom is 0.0408 e. The van der Waals surface area contributed by atoms with E-state index in [4.69, 9.17) is 11.6 Å². The second kappa shape index (κ2) is 8.24. The molecule has 0 spiro atoms. The highest BCUT2D eigenvalue weighted by Gasteiger charge is 2.15. The SMILES string of the molecule is [CH2]C(C)C(CCCCc1ccccc1)c1cccc(Cl)c1. The van der Waals surface area contributed by atoms with Gasteiger partial charge in [-0.2, -0.15) is 0 Å². The van der Waals surface area contributed by atoms with Crippen molar-refractivity contribution in [1.82, 2.24) is 0 Å². The number of rotatable bonds is 7. The molecule has 0 nitrogen and oxygen atoms in total. The van der Waals surface area contributed by atoms with Crippen molar-refractivity contribution in [1.29, 1.82) is 0 Å². The van der Waals surface area contributed by atoms with Crippen molar-refractivity contribution in [3.63, 3.8) is 0 Å². The average molecular weight is 300 g/mol. The molecule has 0 saturated carbocycles. The Bertz CT molecular complexity index is 531. The number of unbranched alkanes of at least 4 members (excludes halogenated alkanes) is 1. The first-order chi connectivity index (χ1) is 10.2. The molecule has 0 aliphatic heterocycles. The molecule has 0 aliphatic rings. The van der Waals surface area contributed by atoms with E-state index in [-0.39, 0.29) is 0 Å². The minimum absolute atomic E-state index is 0.403. The lowest BCUT2D eigenvalue weighted by molar-refractivity contribution is 0.481. The van der Waals surface area contributed by atoms with Crippen molar-refractivity contribution in [2.75, 3.05) is 0 Å². The van der Waals surface area contributed by atoms with Gasteiger partial charge in [0.25, 0.3) is 0 Å². The zero-order valence-corrected chi connectivity index (χ0v) is 13.5. The fraction of sp³-hybridized carbons (Fsp3) is 0.350. The molecule has 2 unspecified atom stereocenters. The third-order valence-electron chi connectivity index (χ3n) is 4.04. The number of benzene rings is 2. The predicted octanol–water partition coefficient (Wildman–Crippen LogP) is 6.31. The van der Waals surface area contributed by atoms with E-state index >= 15 is 0 Å². The van der Waals surface area contributed by atoms with Crippen LogP contribution in [0.4, 0.5) is 0 Å². The van der Waals surface area contributed by atoms with Crippen LogP contribution in [0, 0.1) is 12.8 Å². The van der Waals surface area contributed by atoms with Gasteiger partial charge in [-0.3, -0.25) is 0 Å². The van der Waals surface area contributed by atoms with E-state index in [1.165, 1.54) is 30.4 Å². The molecule has 1 radical (unpaired) electrons. The van der Waals surface area contributed by atoms with Gasteiger partial charge < -0.3 is 0 Å². The van der Waals surface area contributed by atoms with Gasteiger partial charge in [0, 0.05) is 5.02 Å². The second-order valence-electron chi connectivity index (χ2n) is 5.87. The predicted molar refractivity (Wildman–Crippen MR) is 92.7 cm³/mol. The van der Waals surface area contributed by atoms with Gasteiger partial charge in [-0.1, -0.05) is 67.4 Å². The average Bonchev–Trinajstić information content (AvgIpc) is 2.48. The van der Waals surface area contributed by atoms with Crippen LogP contribution in [0.1, 0.15) is 43.2 Å². The summed E-state index contributed by atoms with van der Waals surface area (Å²) in [6.07, 6.45) is 4.80. The van der Waals surface area contributed by atoms with Crippen LogP contribution < -0.4 is 0 Å². The third-order valence-corrected chi connectivity index (χ3v) is 4.27. The van der Waals surface area contributed by atoms with E-state index in [0.29, 0.717) is 11.8 Å². The summed E-state index contributed by atoms with van der Waals surface area (Å²) in [4.78, 5) is 0. The number of aryl methyl sites for hydroxylation is 1. The van der Waals surface area contributed by atoms with E-state index in [1.807, 2.05) is 12.1 Å². The molecule has 0 aromatic heterocycles. The van der Waals surface area contributed by atoms with Gasteiger partial charge in [-0.25, -0.2) is 0 Å². The van der Waals surface area contributed by atoms with Crippen molar-refractivity contribution in [3.05, 3.63) is 77.7 Å². The third kappa shape index (κ3) is 5.21. The van der Waals surface area contributed by atoms with Gasteiger partial charge in [-0.05, 0) is 61.3 Å². The fourth-order valence-corrected chi connectivity index (χ4v) is 3.05. The van der Waals surface area contributed by atoms with E-state index in [9.17, 15) is 0 Å². The standard InChI is InChI=1S/C20H24Cl/c1-16(2)20(18-12-8-13-19(21)15-18)14-7-6-11-17-9-4-3-5-10-17/h3-5,8-10,12-13,15-16,20H,1,6-7,11,14H2,2H3. The molecule has 0 amide bonds. The molecular weight excluding hydrogens is 276 g/mol. The Morgan fingerprint density at radius 3 is 2.43 bits per heavy atom. The van der Waals surface area contributed by atoms with E-state index < -0.39 is 0 Å². The highest BCUT2D eigenvalue weighted by molar-refractivity contribution is 6.30. The van der Waals surface area contributed by atoms with E-state index in [2.05, 4.69) is 56.3 Å². The largest absolute Gasteiger partial charge is 0.0843 e. The summed E-state index contributed by atoms with van der Waals surface area (Å²) in [6, 6.07) is 19.0. The monoisotopic (exact) mass is 299 g/mol. The normalized spacial score (nSPS) is 12.6. The number of halogens is 1. The van der Waals surface area contributed by atoms with Crippen LogP contribution in [0.25, 0.3) is 0 Å². The Kier molecular flexibility index (Phi) is 6.32. The maximum absolute atomic E-state index is 6.11. The van der Waals surface area contributed by atoms with Crippen molar-refractivity contribution < 1.29 is 0 Å². The molecule has 0 aliphatic carbocycles. The minimum Gasteiger partial charge on any atom is -0.0843 e. The summed E-state index contributed by atoms with van der Waals surface area (Å²) in [7, 11) is 0. The first-order valence-corrected chi connectivity index (χ1v) is 8.17. The molecule has 0 saturated heterocycles. The molecule has 2 aromatic carbocycles. The zero-order valence-electron chi connectivity index (χ0n) is 12.8. The molecule has 2 aromatic rings. The Balaban J connectivity index is 1.86. The van der Waals surface area contributed by atoms with Crippen LogP contribution in [0.5, 0.6) is 0 Å². The van der Waals surface area contributed by atoms with E-state index in [1.54, 1.807) is 0 Å². The molecule has 0 fully saturated rings. The summed E-state index contributed by atoms with van der Waals surface area (Å²) in [5.41, 5.74) is 2.75. The van der Waals surface area contributed by atoms with Gasteiger partial charge in [0.15, 0.2) is 0 Å². The minimum atomic E-state index is 0.403. The molecule has 0 bridgehead atoms. The van der Waals surface area contributed by atoms with E-state index in [0.717, 1.165) is 11.4 Å². The van der Waals surface area contributed by atoms with Crippen molar-refractivity contribution >= 4 is 11.6 Å². The molecule has 0 N–H and O–H groups in total. The van der Waals surface area contributed by atoms with Crippen LogP contribution in [-0.2, 0) is 6.42 Å². The molecule has 2 rings (SSSR count). The number of hydrogen-bond donors (Lipinski definition) is 0.